The summed E-state index contributed by atoms with van der Waals surface area (Å²) in [7, 11) is 0. The minimum atomic E-state index is -0.146. The van der Waals surface area contributed by atoms with E-state index in [1.54, 1.807) is 0 Å². The maximum atomic E-state index is 11.5. The zero-order valence-electron chi connectivity index (χ0n) is 11.6. The Kier molecular flexibility index (Phi) is 4.80. The molecule has 0 amide bonds. The van der Waals surface area contributed by atoms with Gasteiger partial charge in [-0.05, 0) is 43.5 Å². The first-order valence-electron chi connectivity index (χ1n) is 6.85. The third-order valence-electron chi connectivity index (χ3n) is 3.24. The molecule has 0 radical (unpaired) electrons. The lowest BCUT2D eigenvalue weighted by molar-refractivity contribution is -0.144. The molecular weight excluding hydrogens is 242 g/mol. The maximum absolute atomic E-state index is 11.5. The van der Waals surface area contributed by atoms with Crippen LogP contribution in [0.2, 0.25) is 0 Å². The van der Waals surface area contributed by atoms with Crippen molar-refractivity contribution in [2.75, 3.05) is 26.3 Å². The molecule has 0 N–H and O–H groups in total. The lowest BCUT2D eigenvalue weighted by Gasteiger charge is -2.28. The Labute approximate surface area is 114 Å². The number of hydrogen-bond acceptors (Lipinski definition) is 4. The van der Waals surface area contributed by atoms with Gasteiger partial charge in [0.25, 0.3) is 0 Å². The number of nitrogens with zero attached hydrogens (tertiary/aromatic N) is 1. The number of carbonyl (C=O) groups is 1. The first kappa shape index (κ1) is 13.9. The summed E-state index contributed by atoms with van der Waals surface area (Å²) in [6.45, 7) is 6.98. The van der Waals surface area contributed by atoms with Crippen LogP contribution in [0.3, 0.4) is 0 Å². The highest BCUT2D eigenvalue weighted by molar-refractivity contribution is 5.71. The fraction of sp³-hybridized carbons (Fsp3) is 0.533. The zero-order chi connectivity index (χ0) is 13.7. The van der Waals surface area contributed by atoms with Crippen molar-refractivity contribution in [1.82, 2.24) is 4.90 Å². The smallest absolute Gasteiger partial charge is 0.320 e. The molecule has 1 heterocycles. The summed E-state index contributed by atoms with van der Waals surface area (Å²) in [6, 6.07) is 6.22. The molecule has 4 heteroatoms. The number of rotatable bonds is 5. The van der Waals surface area contributed by atoms with E-state index in [2.05, 4.69) is 17.0 Å². The summed E-state index contributed by atoms with van der Waals surface area (Å²) in [5, 5.41) is 0. The molecule has 0 atom stereocenters. The van der Waals surface area contributed by atoms with Crippen molar-refractivity contribution in [2.45, 2.75) is 26.8 Å². The average Bonchev–Trinajstić information content (AvgIpc) is 2.39. The van der Waals surface area contributed by atoms with E-state index in [0.29, 0.717) is 19.8 Å². The third-order valence-corrected chi connectivity index (χ3v) is 3.24. The largest absolute Gasteiger partial charge is 0.494 e. The molecule has 1 aromatic carbocycles. The Morgan fingerprint density at radius 2 is 2.11 bits per heavy atom. The topological polar surface area (TPSA) is 38.8 Å². The van der Waals surface area contributed by atoms with Crippen molar-refractivity contribution in [3.63, 3.8) is 0 Å². The van der Waals surface area contributed by atoms with Crippen LogP contribution >= 0.6 is 0 Å². The van der Waals surface area contributed by atoms with Crippen molar-refractivity contribution >= 4 is 5.97 Å². The minimum Gasteiger partial charge on any atom is -0.494 e. The lowest BCUT2D eigenvalue weighted by Crippen LogP contribution is -2.35. The molecule has 4 nitrogen and oxygen atoms in total. The van der Waals surface area contributed by atoms with E-state index < -0.39 is 0 Å². The second kappa shape index (κ2) is 6.57. The second-order valence-corrected chi connectivity index (χ2v) is 4.63. The Bertz CT molecular complexity index is 445. The highest BCUT2D eigenvalue weighted by Gasteiger charge is 2.19. The van der Waals surface area contributed by atoms with Gasteiger partial charge in [0, 0.05) is 13.1 Å². The molecule has 1 aliphatic rings. The van der Waals surface area contributed by atoms with E-state index in [4.69, 9.17) is 9.47 Å². The first-order valence-corrected chi connectivity index (χ1v) is 6.85. The fourth-order valence-electron chi connectivity index (χ4n) is 2.37. The normalized spacial score (nSPS) is 14.8. The van der Waals surface area contributed by atoms with Crippen LogP contribution in [0.25, 0.3) is 0 Å². The van der Waals surface area contributed by atoms with Gasteiger partial charge in [-0.2, -0.15) is 0 Å². The predicted octanol–water partition coefficient (Wildman–Crippen LogP) is 2.01. The van der Waals surface area contributed by atoms with Gasteiger partial charge in [0.15, 0.2) is 0 Å². The Hall–Kier alpha value is -1.55. The van der Waals surface area contributed by atoms with Crippen molar-refractivity contribution in [3.8, 4) is 5.75 Å². The van der Waals surface area contributed by atoms with Crippen LogP contribution < -0.4 is 4.74 Å². The summed E-state index contributed by atoms with van der Waals surface area (Å²) in [5.74, 6) is 0.756. The summed E-state index contributed by atoms with van der Waals surface area (Å²) >= 11 is 0. The van der Waals surface area contributed by atoms with Crippen LogP contribution in [0, 0.1) is 0 Å². The minimum absolute atomic E-state index is 0.146. The molecule has 104 valence electrons. The van der Waals surface area contributed by atoms with E-state index in [0.717, 1.165) is 25.3 Å². The molecule has 0 saturated carbocycles. The summed E-state index contributed by atoms with van der Waals surface area (Å²) < 4.78 is 10.5. The molecule has 0 bridgehead atoms. The highest BCUT2D eigenvalue weighted by atomic mass is 16.5. The van der Waals surface area contributed by atoms with Crippen LogP contribution in [0.1, 0.15) is 25.0 Å². The maximum Gasteiger partial charge on any atom is 0.320 e. The number of fused-ring (bicyclic) bond motifs is 1. The van der Waals surface area contributed by atoms with Crippen molar-refractivity contribution in [2.24, 2.45) is 0 Å². The van der Waals surface area contributed by atoms with E-state index in [-0.39, 0.29) is 5.97 Å². The van der Waals surface area contributed by atoms with Gasteiger partial charge in [0.1, 0.15) is 5.75 Å². The van der Waals surface area contributed by atoms with Crippen LogP contribution in [0.15, 0.2) is 18.2 Å². The number of hydrogen-bond donors (Lipinski definition) is 0. The van der Waals surface area contributed by atoms with Gasteiger partial charge < -0.3 is 9.47 Å². The van der Waals surface area contributed by atoms with E-state index in [1.165, 1.54) is 11.1 Å². The molecule has 0 saturated heterocycles. The third kappa shape index (κ3) is 3.70. The predicted molar refractivity (Wildman–Crippen MR) is 73.2 cm³/mol. The lowest BCUT2D eigenvalue weighted by atomic mass is 9.99. The van der Waals surface area contributed by atoms with E-state index in [9.17, 15) is 4.79 Å². The van der Waals surface area contributed by atoms with Crippen molar-refractivity contribution < 1.29 is 14.3 Å². The van der Waals surface area contributed by atoms with Gasteiger partial charge in [-0.1, -0.05) is 6.07 Å². The molecule has 0 unspecified atom stereocenters. The van der Waals surface area contributed by atoms with E-state index >= 15 is 0 Å². The summed E-state index contributed by atoms with van der Waals surface area (Å²) in [6.07, 6.45) is 0.973. The Balaban J connectivity index is 2.01. The highest BCUT2D eigenvalue weighted by Crippen LogP contribution is 2.23. The SMILES string of the molecule is CCOC(=O)CN1CCc2ccc(OCC)cc2C1. The second-order valence-electron chi connectivity index (χ2n) is 4.63. The Morgan fingerprint density at radius 3 is 2.84 bits per heavy atom. The fourth-order valence-corrected chi connectivity index (χ4v) is 2.37. The van der Waals surface area contributed by atoms with Crippen LogP contribution in [0.5, 0.6) is 5.75 Å². The van der Waals surface area contributed by atoms with Gasteiger partial charge in [-0.25, -0.2) is 0 Å². The molecule has 1 aliphatic heterocycles. The van der Waals surface area contributed by atoms with Crippen molar-refractivity contribution in [1.29, 1.82) is 0 Å². The number of esters is 1. The number of carbonyl (C=O) groups excluding carboxylic acids is 1. The van der Waals surface area contributed by atoms with Crippen molar-refractivity contribution in [3.05, 3.63) is 29.3 Å². The first-order chi connectivity index (χ1) is 9.22. The van der Waals surface area contributed by atoms with Crippen LogP contribution in [0.4, 0.5) is 0 Å². The zero-order valence-corrected chi connectivity index (χ0v) is 11.6. The van der Waals surface area contributed by atoms with E-state index in [1.807, 2.05) is 19.9 Å². The average molecular weight is 263 g/mol. The number of benzene rings is 1. The molecule has 2 rings (SSSR count). The number of ether oxygens (including phenoxy) is 2. The summed E-state index contributed by atoms with van der Waals surface area (Å²) in [5.41, 5.74) is 2.60. The summed E-state index contributed by atoms with van der Waals surface area (Å²) in [4.78, 5) is 13.6. The molecule has 0 aromatic heterocycles. The van der Waals surface area contributed by atoms with Crippen LogP contribution in [-0.2, 0) is 22.5 Å². The quantitative estimate of drug-likeness (QED) is 0.762. The van der Waals surface area contributed by atoms with Gasteiger partial charge in [0.05, 0.1) is 19.8 Å². The Morgan fingerprint density at radius 1 is 1.26 bits per heavy atom. The molecular formula is C15H21NO3. The monoisotopic (exact) mass is 263 g/mol. The van der Waals surface area contributed by atoms with Gasteiger partial charge in [-0.15, -0.1) is 0 Å². The molecule has 1 aromatic rings. The van der Waals surface area contributed by atoms with Gasteiger partial charge in [-0.3, -0.25) is 9.69 Å². The molecule has 19 heavy (non-hydrogen) atoms. The van der Waals surface area contributed by atoms with Crippen LogP contribution in [-0.4, -0.2) is 37.2 Å². The molecule has 0 fully saturated rings. The molecule has 0 spiro atoms. The molecule has 0 aliphatic carbocycles. The van der Waals surface area contributed by atoms with Gasteiger partial charge in [0.2, 0.25) is 0 Å². The van der Waals surface area contributed by atoms with Gasteiger partial charge >= 0.3 is 5.97 Å². The standard InChI is InChI=1S/C15H21NO3/c1-3-18-14-6-5-12-7-8-16(10-13(12)9-14)11-15(17)19-4-2/h5-6,9H,3-4,7-8,10-11H2,1-2H3.